The summed E-state index contributed by atoms with van der Waals surface area (Å²) >= 11 is 0. The zero-order chi connectivity index (χ0) is 32.1. The zero-order valence-corrected chi connectivity index (χ0v) is 26.2. The van der Waals surface area contributed by atoms with E-state index in [-0.39, 0.29) is 0 Å². The molecule has 0 aliphatic rings. The third kappa shape index (κ3) is 3.64. The van der Waals surface area contributed by atoms with Crippen LogP contribution in [0.25, 0.3) is 99.3 Å². The van der Waals surface area contributed by atoms with Crippen LogP contribution in [0.3, 0.4) is 0 Å². The quantitative estimate of drug-likeness (QED) is 0.196. The maximum atomic E-state index is 6.57. The molecule has 0 unspecified atom stereocenters. The van der Waals surface area contributed by atoms with Crippen molar-refractivity contribution in [1.29, 1.82) is 0 Å². The average Bonchev–Trinajstić information content (AvgIpc) is 3.82. The Morgan fingerprint density at radius 2 is 1.00 bits per heavy atom. The number of benzene rings is 7. The first-order valence-electron chi connectivity index (χ1n) is 16.5. The van der Waals surface area contributed by atoms with Crippen molar-refractivity contribution in [2.24, 2.45) is 0 Å². The van der Waals surface area contributed by atoms with E-state index >= 15 is 0 Å². The number of hydrogen-bond donors (Lipinski definition) is 0. The summed E-state index contributed by atoms with van der Waals surface area (Å²) in [5.41, 5.74) is 10.1. The van der Waals surface area contributed by atoms with Crippen molar-refractivity contribution in [2.75, 3.05) is 0 Å². The molecule has 0 bridgehead atoms. The van der Waals surface area contributed by atoms with Gasteiger partial charge in [0.2, 0.25) is 5.95 Å². The third-order valence-corrected chi connectivity index (χ3v) is 9.93. The summed E-state index contributed by atoms with van der Waals surface area (Å²) in [6.45, 7) is 0. The number of fused-ring (bicyclic) bond motifs is 11. The second-order valence-corrected chi connectivity index (χ2v) is 12.6. The van der Waals surface area contributed by atoms with Gasteiger partial charge in [0.15, 0.2) is 5.58 Å². The minimum atomic E-state index is 0.652. The van der Waals surface area contributed by atoms with Gasteiger partial charge in [-0.2, -0.15) is 0 Å². The largest absolute Gasteiger partial charge is 0.454 e. The summed E-state index contributed by atoms with van der Waals surface area (Å²) in [6.07, 6.45) is 0. The fraction of sp³-hybridized carbons (Fsp3) is 0. The molecule has 0 atom stereocenters. The third-order valence-electron chi connectivity index (χ3n) is 9.93. The van der Waals surface area contributed by atoms with Gasteiger partial charge in [0.05, 0.1) is 39.0 Å². The molecule has 5 heteroatoms. The molecule has 11 aromatic rings. The average molecular weight is 627 g/mol. The molecule has 5 nitrogen and oxygen atoms in total. The van der Waals surface area contributed by atoms with Crippen LogP contribution >= 0.6 is 0 Å². The maximum absolute atomic E-state index is 6.57. The minimum Gasteiger partial charge on any atom is -0.454 e. The maximum Gasteiger partial charge on any atom is 0.235 e. The lowest BCUT2D eigenvalue weighted by Gasteiger charge is -2.12. The highest BCUT2D eigenvalue weighted by molar-refractivity contribution is 6.29. The Bertz CT molecular complexity index is 3110. The number of aromatic nitrogens is 4. The highest BCUT2D eigenvalue weighted by Gasteiger charge is 2.23. The van der Waals surface area contributed by atoms with E-state index in [0.717, 1.165) is 77.2 Å². The molecule has 4 heterocycles. The topological polar surface area (TPSA) is 48.8 Å². The van der Waals surface area contributed by atoms with Crippen molar-refractivity contribution in [2.45, 2.75) is 0 Å². The van der Waals surface area contributed by atoms with E-state index in [0.29, 0.717) is 5.95 Å². The molecular formula is C44H26N4O. The van der Waals surface area contributed by atoms with Crippen LogP contribution in [0.15, 0.2) is 162 Å². The predicted molar refractivity (Wildman–Crippen MR) is 201 cm³/mol. The SMILES string of the molecule is c1ccc(-c2nc(-n3c4ccccc4c4c5c6ccccc6n(-c6cccc7c6oc6ccccc67)c5ccc43)nc3ccccc23)cc1. The van der Waals surface area contributed by atoms with Crippen molar-refractivity contribution < 1.29 is 4.42 Å². The van der Waals surface area contributed by atoms with Gasteiger partial charge in [-0.25, -0.2) is 9.97 Å². The lowest BCUT2D eigenvalue weighted by Crippen LogP contribution is -2.03. The van der Waals surface area contributed by atoms with Crippen LogP contribution in [0.2, 0.25) is 0 Å². The summed E-state index contributed by atoms with van der Waals surface area (Å²) in [5, 5.41) is 7.98. The Balaban J connectivity index is 1.27. The van der Waals surface area contributed by atoms with Gasteiger partial charge in [0.1, 0.15) is 5.58 Å². The van der Waals surface area contributed by atoms with Crippen LogP contribution in [-0.2, 0) is 0 Å². The molecule has 11 rings (SSSR count). The smallest absolute Gasteiger partial charge is 0.235 e. The molecule has 0 radical (unpaired) electrons. The number of nitrogens with zero attached hydrogens (tertiary/aromatic N) is 4. The summed E-state index contributed by atoms with van der Waals surface area (Å²) in [4.78, 5) is 10.5. The standard InChI is InChI=1S/C44H26N4O/c1-2-13-27(14-3-1)42-30-16-4-8-20-33(30)45-44(46-42)48-35-22-10-6-18-32(35)41-37(48)26-25-36-40(41)31-17-5-9-21-34(31)47(36)38-23-12-19-29-28-15-7-11-24-39(28)49-43(29)38/h1-26H. The number of rotatable bonds is 3. The van der Waals surface area contributed by atoms with Gasteiger partial charge < -0.3 is 8.98 Å². The van der Waals surface area contributed by atoms with Gasteiger partial charge in [-0.05, 0) is 42.5 Å². The van der Waals surface area contributed by atoms with Gasteiger partial charge in [0.25, 0.3) is 0 Å². The first-order chi connectivity index (χ1) is 24.3. The number of para-hydroxylation sites is 5. The highest BCUT2D eigenvalue weighted by atomic mass is 16.3. The van der Waals surface area contributed by atoms with Crippen LogP contribution in [0.4, 0.5) is 0 Å². The lowest BCUT2D eigenvalue weighted by molar-refractivity contribution is 0.666. The van der Waals surface area contributed by atoms with E-state index < -0.39 is 0 Å². The van der Waals surface area contributed by atoms with Crippen molar-refractivity contribution in [3.63, 3.8) is 0 Å². The molecule has 4 aromatic heterocycles. The normalized spacial score (nSPS) is 12.1. The lowest BCUT2D eigenvalue weighted by atomic mass is 10.1. The van der Waals surface area contributed by atoms with Crippen LogP contribution in [0, 0.1) is 0 Å². The van der Waals surface area contributed by atoms with Crippen LogP contribution in [0.1, 0.15) is 0 Å². The van der Waals surface area contributed by atoms with Gasteiger partial charge in [0, 0.05) is 43.3 Å². The molecule has 0 saturated heterocycles. The molecule has 0 saturated carbocycles. The molecule has 0 spiro atoms. The van der Waals surface area contributed by atoms with Crippen molar-refractivity contribution >= 4 is 76.5 Å². The highest BCUT2D eigenvalue weighted by Crippen LogP contribution is 2.44. The van der Waals surface area contributed by atoms with Gasteiger partial charge in [-0.3, -0.25) is 4.57 Å². The van der Waals surface area contributed by atoms with Gasteiger partial charge in [-0.15, -0.1) is 0 Å². The molecule has 49 heavy (non-hydrogen) atoms. The Morgan fingerprint density at radius 3 is 1.78 bits per heavy atom. The van der Waals surface area contributed by atoms with E-state index in [1.807, 2.05) is 24.3 Å². The van der Waals surface area contributed by atoms with E-state index in [1.54, 1.807) is 0 Å². The summed E-state index contributed by atoms with van der Waals surface area (Å²) in [6, 6.07) is 55.2. The second-order valence-electron chi connectivity index (χ2n) is 12.6. The minimum absolute atomic E-state index is 0.652. The van der Waals surface area contributed by atoms with E-state index in [9.17, 15) is 0 Å². The first kappa shape index (κ1) is 26.4. The monoisotopic (exact) mass is 626 g/mol. The Morgan fingerprint density at radius 1 is 0.408 bits per heavy atom. The fourth-order valence-electron chi connectivity index (χ4n) is 7.88. The van der Waals surface area contributed by atoms with E-state index in [2.05, 4.69) is 143 Å². The second kappa shape index (κ2) is 9.89. The zero-order valence-electron chi connectivity index (χ0n) is 26.2. The first-order valence-corrected chi connectivity index (χ1v) is 16.5. The number of hydrogen-bond acceptors (Lipinski definition) is 3. The van der Waals surface area contributed by atoms with Crippen LogP contribution < -0.4 is 0 Å². The molecule has 0 aliphatic heterocycles. The molecule has 0 fully saturated rings. The summed E-state index contributed by atoms with van der Waals surface area (Å²) in [7, 11) is 0. The number of furan rings is 1. The summed E-state index contributed by atoms with van der Waals surface area (Å²) < 4.78 is 11.2. The van der Waals surface area contributed by atoms with Gasteiger partial charge in [-0.1, -0.05) is 115 Å². The molecule has 0 aliphatic carbocycles. The van der Waals surface area contributed by atoms with Gasteiger partial charge >= 0.3 is 0 Å². The molecule has 0 amide bonds. The van der Waals surface area contributed by atoms with Crippen molar-refractivity contribution in [1.82, 2.24) is 19.1 Å². The predicted octanol–water partition coefficient (Wildman–Crippen LogP) is 11.4. The Kier molecular flexibility index (Phi) is 5.32. The van der Waals surface area contributed by atoms with Crippen LogP contribution in [0.5, 0.6) is 0 Å². The van der Waals surface area contributed by atoms with E-state index in [4.69, 9.17) is 14.4 Å². The Hall–Kier alpha value is -6.72. The van der Waals surface area contributed by atoms with E-state index in [1.165, 1.54) is 16.2 Å². The fourth-order valence-corrected chi connectivity index (χ4v) is 7.88. The Labute approximate surface area is 279 Å². The molecule has 228 valence electrons. The molecular weight excluding hydrogens is 601 g/mol. The molecule has 7 aromatic carbocycles. The van der Waals surface area contributed by atoms with Crippen LogP contribution in [-0.4, -0.2) is 19.1 Å². The van der Waals surface area contributed by atoms with Crippen molar-refractivity contribution in [3.8, 4) is 22.9 Å². The summed E-state index contributed by atoms with van der Waals surface area (Å²) in [5.74, 6) is 0.652. The van der Waals surface area contributed by atoms with Crippen molar-refractivity contribution in [3.05, 3.63) is 158 Å². The molecule has 0 N–H and O–H groups in total.